The number of rotatable bonds is 5. The summed E-state index contributed by atoms with van der Waals surface area (Å²) in [4.78, 5) is 17.6. The first-order chi connectivity index (χ1) is 14.6. The molecular weight excluding hydrogens is 381 g/mol. The van der Waals surface area contributed by atoms with E-state index in [0.717, 1.165) is 64.0 Å². The van der Waals surface area contributed by atoms with Gasteiger partial charge in [0.2, 0.25) is 0 Å². The number of carbonyl (C=O) groups is 1. The van der Waals surface area contributed by atoms with Gasteiger partial charge in [-0.1, -0.05) is 18.2 Å². The van der Waals surface area contributed by atoms with Crippen molar-refractivity contribution in [3.63, 3.8) is 0 Å². The molecule has 162 valence electrons. The van der Waals surface area contributed by atoms with Gasteiger partial charge in [0.1, 0.15) is 5.82 Å². The first kappa shape index (κ1) is 21.0. The van der Waals surface area contributed by atoms with Gasteiger partial charge in [0.05, 0.1) is 0 Å². The molecule has 2 aliphatic rings. The van der Waals surface area contributed by atoms with E-state index in [1.54, 1.807) is 6.07 Å². The van der Waals surface area contributed by atoms with Crippen molar-refractivity contribution in [2.75, 3.05) is 33.2 Å². The highest BCUT2D eigenvalue weighted by molar-refractivity contribution is 5.94. The normalized spacial score (nSPS) is 20.1. The van der Waals surface area contributed by atoms with Crippen molar-refractivity contribution in [3.05, 3.63) is 52.6 Å². The lowest BCUT2D eigenvalue weighted by molar-refractivity contribution is 0.0754. The predicted molar refractivity (Wildman–Crippen MR) is 115 cm³/mol. The third-order valence-corrected chi connectivity index (χ3v) is 6.39. The van der Waals surface area contributed by atoms with E-state index < -0.39 is 0 Å². The Morgan fingerprint density at radius 1 is 1.23 bits per heavy atom. The van der Waals surface area contributed by atoms with Crippen LogP contribution in [0.3, 0.4) is 0 Å². The van der Waals surface area contributed by atoms with Crippen LogP contribution in [0.2, 0.25) is 0 Å². The van der Waals surface area contributed by atoms with Crippen molar-refractivity contribution in [1.82, 2.24) is 24.9 Å². The zero-order valence-corrected chi connectivity index (χ0v) is 18.0. The van der Waals surface area contributed by atoms with Crippen molar-refractivity contribution in [3.8, 4) is 0 Å². The smallest absolute Gasteiger partial charge is 0.274 e. The average Bonchev–Trinajstić information content (AvgIpc) is 2.98. The maximum Gasteiger partial charge on any atom is 0.274 e. The van der Waals surface area contributed by atoms with Gasteiger partial charge in [0.25, 0.3) is 5.91 Å². The van der Waals surface area contributed by atoms with E-state index >= 15 is 0 Å². The Morgan fingerprint density at radius 3 is 2.87 bits per heavy atom. The SMILES string of the molecule is CCn1nc(C(=O)N2CCCN(C)CC2)c2c1CCC(NCc1ccccc1F)C2. The van der Waals surface area contributed by atoms with Crippen molar-refractivity contribution >= 4 is 5.91 Å². The first-order valence-electron chi connectivity index (χ1n) is 11.1. The quantitative estimate of drug-likeness (QED) is 0.818. The van der Waals surface area contributed by atoms with Crippen molar-refractivity contribution < 1.29 is 9.18 Å². The Hall–Kier alpha value is -2.25. The summed E-state index contributed by atoms with van der Waals surface area (Å²) in [6.07, 6.45) is 3.61. The fourth-order valence-corrected chi connectivity index (χ4v) is 4.59. The zero-order valence-electron chi connectivity index (χ0n) is 18.0. The Bertz CT molecular complexity index is 896. The second-order valence-corrected chi connectivity index (χ2v) is 8.45. The number of nitrogens with one attached hydrogen (secondary N) is 1. The molecule has 7 heteroatoms. The van der Waals surface area contributed by atoms with E-state index in [4.69, 9.17) is 5.10 Å². The van der Waals surface area contributed by atoms with E-state index in [-0.39, 0.29) is 17.8 Å². The highest BCUT2D eigenvalue weighted by Crippen LogP contribution is 2.26. The molecule has 1 unspecified atom stereocenters. The molecule has 1 atom stereocenters. The number of benzene rings is 1. The third-order valence-electron chi connectivity index (χ3n) is 6.39. The van der Waals surface area contributed by atoms with Crippen LogP contribution in [0.5, 0.6) is 0 Å². The molecule has 1 fully saturated rings. The van der Waals surface area contributed by atoms with Gasteiger partial charge in [-0.05, 0) is 52.3 Å². The number of aryl methyl sites for hydroxylation is 1. The molecule has 0 bridgehead atoms. The molecule has 2 heterocycles. The number of hydrogen-bond donors (Lipinski definition) is 1. The molecule has 30 heavy (non-hydrogen) atoms. The maximum absolute atomic E-state index is 14.0. The highest BCUT2D eigenvalue weighted by atomic mass is 19.1. The summed E-state index contributed by atoms with van der Waals surface area (Å²) in [6, 6.07) is 7.10. The van der Waals surface area contributed by atoms with Gasteiger partial charge in [0.15, 0.2) is 5.69 Å². The number of fused-ring (bicyclic) bond motifs is 1. The zero-order chi connectivity index (χ0) is 21.1. The number of likely N-dealkylation sites (N-methyl/N-ethyl adjacent to an activating group) is 1. The van der Waals surface area contributed by atoms with Crippen LogP contribution in [0, 0.1) is 5.82 Å². The highest BCUT2D eigenvalue weighted by Gasteiger charge is 2.31. The van der Waals surface area contributed by atoms with Crippen molar-refractivity contribution in [1.29, 1.82) is 0 Å². The number of carbonyl (C=O) groups excluding carboxylic acids is 1. The lowest BCUT2D eigenvalue weighted by Crippen LogP contribution is -2.37. The molecule has 1 aliphatic heterocycles. The second kappa shape index (κ2) is 9.27. The van der Waals surface area contributed by atoms with Crippen LogP contribution in [0.15, 0.2) is 24.3 Å². The Morgan fingerprint density at radius 2 is 2.07 bits per heavy atom. The molecule has 1 aromatic heterocycles. The van der Waals surface area contributed by atoms with Gasteiger partial charge in [-0.3, -0.25) is 9.48 Å². The molecule has 1 aliphatic carbocycles. The average molecular weight is 414 g/mol. The van der Waals surface area contributed by atoms with E-state index in [2.05, 4.69) is 24.2 Å². The summed E-state index contributed by atoms with van der Waals surface area (Å²) in [5, 5.41) is 8.23. The fraction of sp³-hybridized carbons (Fsp3) is 0.565. The summed E-state index contributed by atoms with van der Waals surface area (Å²) < 4.78 is 16.0. The molecule has 1 saturated heterocycles. The van der Waals surface area contributed by atoms with Crippen LogP contribution < -0.4 is 5.32 Å². The summed E-state index contributed by atoms with van der Waals surface area (Å²) in [6.45, 7) is 6.79. The van der Waals surface area contributed by atoms with Gasteiger partial charge in [0, 0.05) is 55.6 Å². The number of halogens is 1. The van der Waals surface area contributed by atoms with Crippen LogP contribution in [-0.2, 0) is 25.9 Å². The number of hydrogen-bond acceptors (Lipinski definition) is 4. The largest absolute Gasteiger partial charge is 0.336 e. The molecule has 6 nitrogen and oxygen atoms in total. The molecule has 2 aromatic rings. The number of nitrogens with zero attached hydrogens (tertiary/aromatic N) is 4. The Kier molecular flexibility index (Phi) is 6.49. The third kappa shape index (κ3) is 4.42. The van der Waals surface area contributed by atoms with E-state index in [1.165, 1.54) is 11.8 Å². The molecule has 0 saturated carbocycles. The van der Waals surface area contributed by atoms with Crippen LogP contribution in [0.4, 0.5) is 4.39 Å². The molecule has 1 N–H and O–H groups in total. The molecule has 0 radical (unpaired) electrons. The van der Waals surface area contributed by atoms with Gasteiger partial charge >= 0.3 is 0 Å². The van der Waals surface area contributed by atoms with Crippen LogP contribution in [0.1, 0.15) is 47.1 Å². The summed E-state index contributed by atoms with van der Waals surface area (Å²) in [7, 11) is 2.10. The minimum absolute atomic E-state index is 0.0588. The lowest BCUT2D eigenvalue weighted by Gasteiger charge is -2.25. The van der Waals surface area contributed by atoms with E-state index in [1.807, 2.05) is 21.7 Å². The summed E-state index contributed by atoms with van der Waals surface area (Å²) in [5.41, 5.74) is 3.57. The molecule has 0 spiro atoms. The van der Waals surface area contributed by atoms with Crippen LogP contribution >= 0.6 is 0 Å². The van der Waals surface area contributed by atoms with Gasteiger partial charge < -0.3 is 15.1 Å². The molecule has 1 aromatic carbocycles. The Balaban J connectivity index is 1.50. The fourth-order valence-electron chi connectivity index (χ4n) is 4.59. The maximum atomic E-state index is 14.0. The standard InChI is InChI=1S/C23H32FN5O/c1-3-29-21-10-9-18(25-16-17-7-4-5-8-20(17)24)15-19(21)22(26-29)23(30)28-12-6-11-27(2)13-14-28/h4-5,7-8,18,25H,3,6,9-16H2,1-2H3. The Labute approximate surface area is 178 Å². The molecular formula is C23H32FN5O. The topological polar surface area (TPSA) is 53.4 Å². The summed E-state index contributed by atoms with van der Waals surface area (Å²) in [5.74, 6) is -0.120. The van der Waals surface area contributed by atoms with Crippen LogP contribution in [-0.4, -0.2) is 64.8 Å². The van der Waals surface area contributed by atoms with E-state index in [0.29, 0.717) is 17.8 Å². The van der Waals surface area contributed by atoms with Gasteiger partial charge in [-0.2, -0.15) is 5.10 Å². The minimum Gasteiger partial charge on any atom is -0.336 e. The van der Waals surface area contributed by atoms with Gasteiger partial charge in [-0.15, -0.1) is 0 Å². The van der Waals surface area contributed by atoms with Gasteiger partial charge in [-0.25, -0.2) is 4.39 Å². The minimum atomic E-state index is -0.178. The predicted octanol–water partition coefficient (Wildman–Crippen LogP) is 2.47. The number of amides is 1. The van der Waals surface area contributed by atoms with E-state index in [9.17, 15) is 9.18 Å². The second-order valence-electron chi connectivity index (χ2n) is 8.45. The van der Waals surface area contributed by atoms with Crippen molar-refractivity contribution in [2.45, 2.75) is 51.7 Å². The summed E-state index contributed by atoms with van der Waals surface area (Å²) >= 11 is 0. The number of aromatic nitrogens is 2. The van der Waals surface area contributed by atoms with Crippen LogP contribution in [0.25, 0.3) is 0 Å². The molecule has 4 rings (SSSR count). The first-order valence-corrected chi connectivity index (χ1v) is 11.1. The van der Waals surface area contributed by atoms with Crippen molar-refractivity contribution in [2.24, 2.45) is 0 Å². The molecule has 1 amide bonds. The monoisotopic (exact) mass is 413 g/mol. The lowest BCUT2D eigenvalue weighted by atomic mass is 9.91.